The fourth-order valence-electron chi connectivity index (χ4n) is 4.36. The molecule has 0 bridgehead atoms. The number of allylic oxidation sites excluding steroid dienone is 3. The van der Waals surface area contributed by atoms with Crippen LogP contribution in [0.4, 0.5) is 0 Å². The monoisotopic (exact) mass is 491 g/mol. The van der Waals surface area contributed by atoms with Crippen molar-refractivity contribution >= 4 is 33.7 Å². The molecule has 3 atom stereocenters. The van der Waals surface area contributed by atoms with Crippen molar-refractivity contribution in [2.24, 2.45) is 11.8 Å². The van der Waals surface area contributed by atoms with Gasteiger partial charge in [-0.3, -0.25) is 9.59 Å². The fourth-order valence-corrected chi connectivity index (χ4v) is 4.91. The first-order valence-electron chi connectivity index (χ1n) is 10.1. The zero-order chi connectivity index (χ0) is 22.9. The number of carbonyl (C=O) groups excluding carboxylic acids is 3. The third-order valence-corrected chi connectivity index (χ3v) is 6.37. The van der Waals surface area contributed by atoms with Gasteiger partial charge in [-0.15, -0.1) is 0 Å². The molecule has 0 spiro atoms. The molecule has 7 nitrogen and oxygen atoms in total. The second-order valence-corrected chi connectivity index (χ2v) is 8.50. The molecule has 0 unspecified atom stereocenters. The van der Waals surface area contributed by atoms with Gasteiger partial charge >= 0.3 is 11.9 Å². The van der Waals surface area contributed by atoms with E-state index in [1.54, 1.807) is 27.0 Å². The van der Waals surface area contributed by atoms with Crippen LogP contribution in [0.15, 0.2) is 45.2 Å². The van der Waals surface area contributed by atoms with Gasteiger partial charge in [0.25, 0.3) is 0 Å². The van der Waals surface area contributed by atoms with Gasteiger partial charge in [-0.05, 0) is 59.8 Å². The Kier molecular flexibility index (Phi) is 6.89. The van der Waals surface area contributed by atoms with Gasteiger partial charge in [0.05, 0.1) is 30.9 Å². The molecule has 0 radical (unpaired) electrons. The van der Waals surface area contributed by atoms with E-state index in [1.807, 2.05) is 19.1 Å². The predicted molar refractivity (Wildman–Crippen MR) is 117 cm³/mol. The van der Waals surface area contributed by atoms with Crippen molar-refractivity contribution in [3.8, 4) is 5.75 Å². The van der Waals surface area contributed by atoms with E-state index in [0.29, 0.717) is 33.5 Å². The van der Waals surface area contributed by atoms with E-state index in [2.05, 4.69) is 21.2 Å². The predicted octanol–water partition coefficient (Wildman–Crippen LogP) is 3.63. The summed E-state index contributed by atoms with van der Waals surface area (Å²) in [7, 11) is 2.84. The van der Waals surface area contributed by atoms with Crippen LogP contribution in [0.3, 0.4) is 0 Å². The summed E-state index contributed by atoms with van der Waals surface area (Å²) < 4.78 is 16.2. The first-order chi connectivity index (χ1) is 14.7. The molecule has 0 aromatic heterocycles. The number of ether oxygens (including phenoxy) is 3. The van der Waals surface area contributed by atoms with Crippen molar-refractivity contribution < 1.29 is 28.6 Å². The summed E-state index contributed by atoms with van der Waals surface area (Å²) in [4.78, 5) is 38.9. The number of halogens is 1. The minimum absolute atomic E-state index is 0.205. The topological polar surface area (TPSA) is 90.9 Å². The van der Waals surface area contributed by atoms with Gasteiger partial charge in [0.15, 0.2) is 5.78 Å². The Balaban J connectivity index is 2.21. The molecule has 31 heavy (non-hydrogen) atoms. The number of nitrogens with one attached hydrogen (secondary N) is 1. The van der Waals surface area contributed by atoms with Crippen molar-refractivity contribution in [1.82, 2.24) is 5.32 Å². The highest BCUT2D eigenvalue weighted by Crippen LogP contribution is 2.46. The highest BCUT2D eigenvalue weighted by Gasteiger charge is 2.47. The molecular weight excluding hydrogens is 466 g/mol. The Morgan fingerprint density at radius 3 is 2.55 bits per heavy atom. The van der Waals surface area contributed by atoms with Crippen LogP contribution in [0.2, 0.25) is 0 Å². The molecule has 1 heterocycles. The lowest BCUT2D eigenvalue weighted by Gasteiger charge is -2.38. The van der Waals surface area contributed by atoms with Crippen LogP contribution in [-0.4, -0.2) is 38.5 Å². The van der Waals surface area contributed by atoms with Crippen molar-refractivity contribution in [2.75, 3.05) is 20.8 Å². The summed E-state index contributed by atoms with van der Waals surface area (Å²) in [6.45, 7) is 5.58. The Bertz CT molecular complexity index is 996. The number of hydrogen-bond acceptors (Lipinski definition) is 7. The van der Waals surface area contributed by atoms with Gasteiger partial charge in [0.2, 0.25) is 0 Å². The molecule has 1 aliphatic carbocycles. The van der Waals surface area contributed by atoms with E-state index >= 15 is 0 Å². The zero-order valence-electron chi connectivity index (χ0n) is 18.2. The second-order valence-electron chi connectivity index (χ2n) is 7.65. The molecule has 0 saturated carbocycles. The van der Waals surface area contributed by atoms with Crippen LogP contribution in [0.5, 0.6) is 5.75 Å². The molecule has 1 aliphatic heterocycles. The van der Waals surface area contributed by atoms with E-state index in [-0.39, 0.29) is 18.3 Å². The Labute approximate surface area is 189 Å². The fraction of sp³-hybridized carbons (Fsp3) is 0.435. The average Bonchev–Trinajstić information content (AvgIpc) is 2.72. The molecule has 0 fully saturated rings. The van der Waals surface area contributed by atoms with Crippen LogP contribution in [0.1, 0.15) is 38.7 Å². The number of methoxy groups -OCH3 is 2. The molecular formula is C23H26BrNO6. The summed E-state index contributed by atoms with van der Waals surface area (Å²) >= 11 is 3.49. The minimum Gasteiger partial charge on any atom is -0.496 e. The van der Waals surface area contributed by atoms with Crippen LogP contribution >= 0.6 is 15.9 Å². The first-order valence-corrected chi connectivity index (χ1v) is 10.9. The number of dihydropyridines is 1. The number of ketones is 1. The van der Waals surface area contributed by atoms with Crippen LogP contribution < -0.4 is 10.1 Å². The zero-order valence-corrected chi connectivity index (χ0v) is 19.8. The molecule has 8 heteroatoms. The molecule has 0 saturated heterocycles. The number of benzene rings is 1. The lowest BCUT2D eigenvalue weighted by Crippen LogP contribution is -2.43. The maximum absolute atomic E-state index is 13.6. The minimum atomic E-state index is -0.920. The van der Waals surface area contributed by atoms with Crippen molar-refractivity contribution in [1.29, 1.82) is 0 Å². The van der Waals surface area contributed by atoms with E-state index in [9.17, 15) is 14.4 Å². The standard InChI is InChI=1S/C23H26BrNO6/c1-6-31-23(28)18-12(3)25-15-9-11(2)17(22(27)30-5)21(26)20(15)19(18)13-7-8-16(29-4)14(24)10-13/h7-8,10-11,17,19,25H,6,9H2,1-5H3/t11-,17+,19-/m0/s1. The quantitative estimate of drug-likeness (QED) is 0.496. The SMILES string of the molecule is CCOC(=O)C1=C(C)NC2=C(C(=O)[C@H](C(=O)OC)[C@@H](C)C2)[C@H]1c1ccc(OC)c(Br)c1. The molecule has 166 valence electrons. The Hall–Kier alpha value is -2.61. The van der Waals surface area contributed by atoms with E-state index in [4.69, 9.17) is 14.2 Å². The highest BCUT2D eigenvalue weighted by atomic mass is 79.9. The summed E-state index contributed by atoms with van der Waals surface area (Å²) in [5, 5.41) is 3.23. The van der Waals surface area contributed by atoms with Gasteiger partial charge in [0.1, 0.15) is 11.7 Å². The molecule has 0 amide bonds. The third kappa shape index (κ3) is 4.13. The van der Waals surface area contributed by atoms with Gasteiger partial charge in [0, 0.05) is 22.9 Å². The highest BCUT2D eigenvalue weighted by molar-refractivity contribution is 9.10. The smallest absolute Gasteiger partial charge is 0.336 e. The van der Waals surface area contributed by atoms with E-state index in [1.165, 1.54) is 7.11 Å². The Morgan fingerprint density at radius 1 is 1.26 bits per heavy atom. The Morgan fingerprint density at radius 2 is 1.97 bits per heavy atom. The second kappa shape index (κ2) is 9.26. The van der Waals surface area contributed by atoms with Crippen LogP contribution in [0.25, 0.3) is 0 Å². The third-order valence-electron chi connectivity index (χ3n) is 5.75. The summed E-state index contributed by atoms with van der Waals surface area (Å²) in [5.41, 5.74) is 2.82. The molecule has 1 aromatic rings. The van der Waals surface area contributed by atoms with Crippen LogP contribution in [-0.2, 0) is 23.9 Å². The normalized spacial score (nSPS) is 23.2. The van der Waals surface area contributed by atoms with Gasteiger partial charge in [-0.25, -0.2) is 4.79 Å². The first kappa shape index (κ1) is 23.1. The lowest BCUT2D eigenvalue weighted by atomic mass is 9.69. The summed E-state index contributed by atoms with van der Waals surface area (Å²) in [6.07, 6.45) is 0.488. The summed E-state index contributed by atoms with van der Waals surface area (Å²) in [5.74, 6) is -2.60. The van der Waals surface area contributed by atoms with Crippen LogP contribution in [0, 0.1) is 11.8 Å². The van der Waals surface area contributed by atoms with Crippen molar-refractivity contribution in [3.63, 3.8) is 0 Å². The molecule has 2 aliphatic rings. The number of esters is 2. The summed E-state index contributed by atoms with van der Waals surface area (Å²) in [6, 6.07) is 5.41. The maximum Gasteiger partial charge on any atom is 0.336 e. The van der Waals surface area contributed by atoms with Gasteiger partial charge < -0.3 is 19.5 Å². The largest absolute Gasteiger partial charge is 0.496 e. The molecule has 3 rings (SSSR count). The van der Waals surface area contributed by atoms with Gasteiger partial charge in [-0.2, -0.15) is 0 Å². The number of carbonyl (C=O) groups is 3. The van der Waals surface area contributed by atoms with Crippen molar-refractivity contribution in [2.45, 2.75) is 33.1 Å². The number of rotatable bonds is 5. The molecule has 1 aromatic carbocycles. The maximum atomic E-state index is 13.6. The van der Waals surface area contributed by atoms with E-state index < -0.39 is 23.8 Å². The number of Topliss-reactive ketones (excluding diaryl/α,β-unsaturated/α-hetero) is 1. The average molecular weight is 492 g/mol. The number of hydrogen-bond donors (Lipinski definition) is 1. The molecule has 1 N–H and O–H groups in total. The van der Waals surface area contributed by atoms with E-state index in [0.717, 1.165) is 11.3 Å². The van der Waals surface area contributed by atoms with Gasteiger partial charge in [-0.1, -0.05) is 13.0 Å². The van der Waals surface area contributed by atoms with Crippen molar-refractivity contribution in [3.05, 3.63) is 50.8 Å². The lowest BCUT2D eigenvalue weighted by molar-refractivity contribution is -0.151.